The van der Waals surface area contributed by atoms with Gasteiger partial charge >= 0.3 is 0 Å². The van der Waals surface area contributed by atoms with Crippen LogP contribution >= 0.6 is 0 Å². The van der Waals surface area contributed by atoms with E-state index in [-0.39, 0.29) is 0 Å². The van der Waals surface area contributed by atoms with Gasteiger partial charge in [-0.1, -0.05) is 13.8 Å². The predicted molar refractivity (Wildman–Crippen MR) is 36.1 cm³/mol. The molecule has 54 valence electrons. The molecule has 1 aromatic rings. The SMILES string of the molecule is CC(C)c1ccc(F)nn1. The van der Waals surface area contributed by atoms with Crippen LogP contribution in [0.25, 0.3) is 0 Å². The molecule has 0 atom stereocenters. The Morgan fingerprint density at radius 1 is 1.30 bits per heavy atom. The highest BCUT2D eigenvalue weighted by molar-refractivity contribution is 5.04. The predicted octanol–water partition coefficient (Wildman–Crippen LogP) is 1.74. The molecule has 0 saturated carbocycles. The Morgan fingerprint density at radius 2 is 2.00 bits per heavy atom. The lowest BCUT2D eigenvalue weighted by Crippen LogP contribution is -1.95. The maximum Gasteiger partial charge on any atom is 0.233 e. The maximum atomic E-state index is 12.2. The van der Waals surface area contributed by atoms with Gasteiger partial charge in [-0.25, -0.2) is 0 Å². The Hall–Kier alpha value is -0.990. The van der Waals surface area contributed by atoms with E-state index in [1.807, 2.05) is 13.8 Å². The first-order chi connectivity index (χ1) is 4.70. The van der Waals surface area contributed by atoms with Gasteiger partial charge in [0.2, 0.25) is 5.95 Å². The molecule has 3 heteroatoms. The largest absolute Gasteiger partial charge is 0.233 e. The summed E-state index contributed by atoms with van der Waals surface area (Å²) in [6, 6.07) is 2.97. The Morgan fingerprint density at radius 3 is 2.40 bits per heavy atom. The Kier molecular flexibility index (Phi) is 1.94. The van der Waals surface area contributed by atoms with E-state index in [1.54, 1.807) is 6.07 Å². The summed E-state index contributed by atoms with van der Waals surface area (Å²) < 4.78 is 12.2. The molecule has 0 amide bonds. The molecule has 0 unspecified atom stereocenters. The zero-order chi connectivity index (χ0) is 7.56. The molecule has 10 heavy (non-hydrogen) atoms. The summed E-state index contributed by atoms with van der Waals surface area (Å²) in [7, 11) is 0. The fourth-order valence-electron chi connectivity index (χ4n) is 0.634. The third-order valence-electron chi connectivity index (χ3n) is 1.24. The third kappa shape index (κ3) is 1.50. The van der Waals surface area contributed by atoms with Gasteiger partial charge in [0.25, 0.3) is 0 Å². The number of hydrogen-bond acceptors (Lipinski definition) is 2. The van der Waals surface area contributed by atoms with E-state index in [1.165, 1.54) is 6.07 Å². The molecule has 0 bridgehead atoms. The first kappa shape index (κ1) is 7.12. The van der Waals surface area contributed by atoms with Crippen LogP contribution in [0.15, 0.2) is 12.1 Å². The van der Waals surface area contributed by atoms with E-state index in [0.717, 1.165) is 5.69 Å². The van der Waals surface area contributed by atoms with Crippen molar-refractivity contribution in [3.8, 4) is 0 Å². The molecule has 0 aliphatic rings. The first-order valence-electron chi connectivity index (χ1n) is 3.19. The smallest absolute Gasteiger partial charge is 0.183 e. The number of rotatable bonds is 1. The number of aromatic nitrogens is 2. The van der Waals surface area contributed by atoms with Crippen molar-refractivity contribution in [2.45, 2.75) is 19.8 Å². The number of nitrogens with zero attached hydrogens (tertiary/aromatic N) is 2. The summed E-state index contributed by atoms with van der Waals surface area (Å²) in [4.78, 5) is 0. The second kappa shape index (κ2) is 2.73. The van der Waals surface area contributed by atoms with Gasteiger partial charge in [-0.15, -0.1) is 5.10 Å². The van der Waals surface area contributed by atoms with Crippen LogP contribution in [0, 0.1) is 5.95 Å². The minimum Gasteiger partial charge on any atom is -0.183 e. The minimum atomic E-state index is -0.524. The molecule has 1 aromatic heterocycles. The monoisotopic (exact) mass is 140 g/mol. The summed E-state index contributed by atoms with van der Waals surface area (Å²) in [5.74, 6) is -0.211. The van der Waals surface area contributed by atoms with Crippen LogP contribution in [0.4, 0.5) is 4.39 Å². The maximum absolute atomic E-state index is 12.2. The fourth-order valence-corrected chi connectivity index (χ4v) is 0.634. The molecule has 0 radical (unpaired) electrons. The van der Waals surface area contributed by atoms with Crippen molar-refractivity contribution in [3.63, 3.8) is 0 Å². The van der Waals surface area contributed by atoms with Crippen molar-refractivity contribution in [2.75, 3.05) is 0 Å². The summed E-state index contributed by atoms with van der Waals surface area (Å²) in [5, 5.41) is 6.94. The van der Waals surface area contributed by atoms with Crippen molar-refractivity contribution >= 4 is 0 Å². The molecule has 0 spiro atoms. The quantitative estimate of drug-likeness (QED) is 0.593. The molecule has 0 aliphatic heterocycles. The van der Waals surface area contributed by atoms with Crippen LogP contribution < -0.4 is 0 Å². The van der Waals surface area contributed by atoms with Gasteiger partial charge in [-0.2, -0.15) is 9.49 Å². The van der Waals surface area contributed by atoms with Gasteiger partial charge in [0.1, 0.15) is 0 Å². The first-order valence-corrected chi connectivity index (χ1v) is 3.19. The molecule has 0 aliphatic carbocycles. The molecule has 0 fully saturated rings. The van der Waals surface area contributed by atoms with Crippen molar-refractivity contribution in [3.05, 3.63) is 23.8 Å². The molecular weight excluding hydrogens is 131 g/mol. The second-order valence-electron chi connectivity index (χ2n) is 2.44. The van der Waals surface area contributed by atoms with Crippen molar-refractivity contribution in [1.82, 2.24) is 10.2 Å². The van der Waals surface area contributed by atoms with E-state index < -0.39 is 5.95 Å². The zero-order valence-electron chi connectivity index (χ0n) is 6.00. The zero-order valence-corrected chi connectivity index (χ0v) is 6.00. The van der Waals surface area contributed by atoms with Crippen LogP contribution in [-0.4, -0.2) is 10.2 Å². The van der Waals surface area contributed by atoms with Gasteiger partial charge in [0, 0.05) is 0 Å². The third-order valence-corrected chi connectivity index (χ3v) is 1.24. The lowest BCUT2D eigenvalue weighted by atomic mass is 10.1. The molecule has 2 nitrogen and oxygen atoms in total. The van der Waals surface area contributed by atoms with Crippen LogP contribution in [0.5, 0.6) is 0 Å². The number of hydrogen-bond donors (Lipinski definition) is 0. The lowest BCUT2D eigenvalue weighted by molar-refractivity contribution is 0.555. The van der Waals surface area contributed by atoms with Crippen molar-refractivity contribution < 1.29 is 4.39 Å². The highest BCUT2D eigenvalue weighted by Gasteiger charge is 1.99. The Labute approximate surface area is 59.1 Å². The van der Waals surface area contributed by atoms with Crippen LogP contribution in [0.3, 0.4) is 0 Å². The highest BCUT2D eigenvalue weighted by atomic mass is 19.1. The van der Waals surface area contributed by atoms with Gasteiger partial charge in [0.05, 0.1) is 5.69 Å². The Bertz CT molecular complexity index is 205. The van der Waals surface area contributed by atoms with Crippen molar-refractivity contribution in [2.24, 2.45) is 0 Å². The van der Waals surface area contributed by atoms with Gasteiger partial charge in [-0.05, 0) is 18.1 Å². The highest BCUT2D eigenvalue weighted by Crippen LogP contribution is 2.08. The second-order valence-corrected chi connectivity index (χ2v) is 2.44. The van der Waals surface area contributed by atoms with Gasteiger partial charge in [0.15, 0.2) is 0 Å². The van der Waals surface area contributed by atoms with E-state index >= 15 is 0 Å². The minimum absolute atomic E-state index is 0.313. The topological polar surface area (TPSA) is 25.8 Å². The average molecular weight is 140 g/mol. The van der Waals surface area contributed by atoms with E-state index in [9.17, 15) is 4.39 Å². The summed E-state index contributed by atoms with van der Waals surface area (Å²) in [6.45, 7) is 3.98. The van der Waals surface area contributed by atoms with Crippen LogP contribution in [0.2, 0.25) is 0 Å². The molecule has 1 rings (SSSR count). The van der Waals surface area contributed by atoms with Crippen LogP contribution in [0.1, 0.15) is 25.5 Å². The summed E-state index contributed by atoms with van der Waals surface area (Å²) in [6.07, 6.45) is 0. The molecule has 0 N–H and O–H groups in total. The summed E-state index contributed by atoms with van der Waals surface area (Å²) >= 11 is 0. The Balaban J connectivity index is 2.89. The normalized spacial score (nSPS) is 10.4. The molecular formula is C7H9FN2. The fraction of sp³-hybridized carbons (Fsp3) is 0.429. The number of halogens is 1. The lowest BCUT2D eigenvalue weighted by Gasteiger charge is -1.99. The molecule has 0 saturated heterocycles. The van der Waals surface area contributed by atoms with Gasteiger partial charge in [-0.3, -0.25) is 0 Å². The van der Waals surface area contributed by atoms with E-state index in [4.69, 9.17) is 0 Å². The van der Waals surface area contributed by atoms with Crippen LogP contribution in [-0.2, 0) is 0 Å². The van der Waals surface area contributed by atoms with E-state index in [2.05, 4.69) is 10.2 Å². The van der Waals surface area contributed by atoms with Gasteiger partial charge < -0.3 is 0 Å². The molecule has 1 heterocycles. The summed E-state index contributed by atoms with van der Waals surface area (Å²) in [5.41, 5.74) is 0.821. The standard InChI is InChI=1S/C7H9FN2/c1-5(2)6-3-4-7(8)10-9-6/h3-5H,1-2H3. The average Bonchev–Trinajstić information content (AvgIpc) is 1.88. The molecule has 0 aromatic carbocycles. The van der Waals surface area contributed by atoms with E-state index in [0.29, 0.717) is 5.92 Å². The van der Waals surface area contributed by atoms with Crippen molar-refractivity contribution in [1.29, 1.82) is 0 Å².